The first-order valence-corrected chi connectivity index (χ1v) is 22.4. The Bertz CT molecular complexity index is 1010. The van der Waals surface area contributed by atoms with Crippen molar-refractivity contribution in [1.29, 1.82) is 0 Å². The van der Waals surface area contributed by atoms with Gasteiger partial charge in [0.1, 0.15) is 24.4 Å². The van der Waals surface area contributed by atoms with Crippen molar-refractivity contribution in [3.05, 3.63) is 12.2 Å². The third-order valence-corrected chi connectivity index (χ3v) is 10.5. The standard InChI is InChI=1S/C40H77NO11S/c1-3-5-7-9-11-13-15-17-19-21-23-25-27-29-34(43)33(32-50-40-38(46)37(45)39(35(31-42)51-40)52-53(47,48)49)41-36(44)30-28-26-24-22-20-18-16-14-12-10-8-6-4-2/h27,29,33-35,37-40,42-43,45-46H,3-26,28,30-32H2,1-2H3,(H,41,44)(H,47,48,49)/p-1/b29-27+/t33-,34+,35?,37?,38?,39?,40?/m0/s1. The van der Waals surface area contributed by atoms with E-state index in [1.54, 1.807) is 6.08 Å². The molecule has 0 aromatic carbocycles. The molecule has 0 aromatic rings. The maximum atomic E-state index is 12.9. The van der Waals surface area contributed by atoms with Crippen LogP contribution in [0.15, 0.2) is 12.2 Å². The van der Waals surface area contributed by atoms with Crippen LogP contribution in [0.4, 0.5) is 0 Å². The Labute approximate surface area is 321 Å². The van der Waals surface area contributed by atoms with Gasteiger partial charge in [0.15, 0.2) is 6.29 Å². The van der Waals surface area contributed by atoms with E-state index in [1.165, 1.54) is 116 Å². The molecule has 1 rings (SSSR count). The van der Waals surface area contributed by atoms with Crippen LogP contribution in [0, 0.1) is 0 Å². The molecule has 1 heterocycles. The summed E-state index contributed by atoms with van der Waals surface area (Å²) >= 11 is 0. The van der Waals surface area contributed by atoms with Gasteiger partial charge in [-0.25, -0.2) is 8.42 Å². The molecule has 7 atom stereocenters. The number of carbonyl (C=O) groups is 1. The van der Waals surface area contributed by atoms with E-state index >= 15 is 0 Å². The number of unbranched alkanes of at least 4 members (excludes halogenated alkanes) is 23. The lowest BCUT2D eigenvalue weighted by Crippen LogP contribution is -2.61. The van der Waals surface area contributed by atoms with Crippen molar-refractivity contribution in [3.63, 3.8) is 0 Å². The Kier molecular flexibility index (Phi) is 30.1. The predicted octanol–water partition coefficient (Wildman–Crippen LogP) is 6.87. The summed E-state index contributed by atoms with van der Waals surface area (Å²) in [6.45, 7) is 3.30. The fourth-order valence-corrected chi connectivity index (χ4v) is 7.26. The zero-order valence-corrected chi connectivity index (χ0v) is 33.9. The number of rotatable bonds is 35. The van der Waals surface area contributed by atoms with Gasteiger partial charge in [0.25, 0.3) is 0 Å². The number of nitrogens with one attached hydrogen (secondary N) is 1. The van der Waals surface area contributed by atoms with Crippen LogP contribution in [-0.4, -0.2) is 95.4 Å². The maximum Gasteiger partial charge on any atom is 0.220 e. The topological polar surface area (TPSA) is 195 Å². The summed E-state index contributed by atoms with van der Waals surface area (Å²) in [5, 5.41) is 44.5. The monoisotopic (exact) mass is 779 g/mol. The second-order valence-electron chi connectivity index (χ2n) is 14.9. The van der Waals surface area contributed by atoms with Gasteiger partial charge in [-0.3, -0.25) is 8.98 Å². The van der Waals surface area contributed by atoms with Gasteiger partial charge < -0.3 is 39.8 Å². The van der Waals surface area contributed by atoms with Gasteiger partial charge in [0, 0.05) is 6.42 Å². The smallest absolute Gasteiger partial charge is 0.220 e. The van der Waals surface area contributed by atoms with E-state index in [4.69, 9.17) is 9.47 Å². The van der Waals surface area contributed by atoms with Gasteiger partial charge in [-0.05, 0) is 19.3 Å². The van der Waals surface area contributed by atoms with Gasteiger partial charge in [-0.1, -0.05) is 167 Å². The number of aliphatic hydroxyl groups is 4. The number of carbonyl (C=O) groups excluding carboxylic acids is 1. The maximum absolute atomic E-state index is 12.9. The molecule has 5 unspecified atom stereocenters. The lowest BCUT2D eigenvalue weighted by molar-refractivity contribution is -0.298. The number of amides is 1. The highest BCUT2D eigenvalue weighted by atomic mass is 32.3. The summed E-state index contributed by atoms with van der Waals surface area (Å²) in [5.41, 5.74) is 0. The third-order valence-electron chi connectivity index (χ3n) is 10.1. The molecule has 314 valence electrons. The molecule has 53 heavy (non-hydrogen) atoms. The minimum atomic E-state index is -5.28. The normalized spacial score (nSPS) is 22.0. The Morgan fingerprint density at radius 1 is 0.755 bits per heavy atom. The summed E-state index contributed by atoms with van der Waals surface area (Å²) in [6.07, 6.45) is 23.9. The highest BCUT2D eigenvalue weighted by Crippen LogP contribution is 2.26. The molecular weight excluding hydrogens is 703 g/mol. The van der Waals surface area contributed by atoms with E-state index in [2.05, 4.69) is 23.3 Å². The second-order valence-corrected chi connectivity index (χ2v) is 15.9. The van der Waals surface area contributed by atoms with E-state index in [0.717, 1.165) is 38.5 Å². The molecular formula is C40H76NO11S-. The number of allylic oxidation sites excluding steroid dienone is 1. The Morgan fingerprint density at radius 3 is 1.66 bits per heavy atom. The van der Waals surface area contributed by atoms with E-state index in [0.29, 0.717) is 6.42 Å². The first kappa shape index (κ1) is 49.9. The zero-order valence-electron chi connectivity index (χ0n) is 33.0. The van der Waals surface area contributed by atoms with Gasteiger partial charge >= 0.3 is 0 Å². The fourth-order valence-electron chi connectivity index (χ4n) is 6.75. The van der Waals surface area contributed by atoms with Crippen molar-refractivity contribution in [2.45, 2.75) is 224 Å². The Balaban J connectivity index is 2.57. The summed E-state index contributed by atoms with van der Waals surface area (Å²) < 4.78 is 48.7. The fraction of sp³-hybridized carbons (Fsp3) is 0.925. The van der Waals surface area contributed by atoms with Crippen LogP contribution in [0.1, 0.15) is 181 Å². The summed E-state index contributed by atoms with van der Waals surface area (Å²) in [4.78, 5) is 12.9. The molecule has 5 N–H and O–H groups in total. The van der Waals surface area contributed by atoms with Crippen molar-refractivity contribution in [2.24, 2.45) is 0 Å². The van der Waals surface area contributed by atoms with Crippen LogP contribution in [0.5, 0.6) is 0 Å². The number of hydrogen-bond acceptors (Lipinski definition) is 11. The van der Waals surface area contributed by atoms with Crippen molar-refractivity contribution in [2.75, 3.05) is 13.2 Å². The van der Waals surface area contributed by atoms with E-state index in [-0.39, 0.29) is 18.9 Å². The SMILES string of the molecule is CCCCCCCCCCCCC/C=C/[C@@H](O)[C@H](COC1OC(CO)C(OS(=O)(=O)[O-])C(O)C1O)NC(=O)CCCCCCCCCCCCCCC. The minimum absolute atomic E-state index is 0.257. The van der Waals surface area contributed by atoms with Crippen LogP contribution in [-0.2, 0) is 28.9 Å². The Hall–Kier alpha value is -1.16. The van der Waals surface area contributed by atoms with Crippen molar-refractivity contribution in [3.8, 4) is 0 Å². The van der Waals surface area contributed by atoms with Gasteiger partial charge in [0.2, 0.25) is 16.3 Å². The van der Waals surface area contributed by atoms with Crippen molar-refractivity contribution in [1.82, 2.24) is 5.32 Å². The molecule has 1 saturated heterocycles. The average molecular weight is 779 g/mol. The minimum Gasteiger partial charge on any atom is -0.726 e. The molecule has 0 spiro atoms. The molecule has 1 fully saturated rings. The first-order valence-electron chi connectivity index (χ1n) is 21.1. The molecule has 0 aliphatic carbocycles. The van der Waals surface area contributed by atoms with E-state index in [1.807, 2.05) is 6.08 Å². The van der Waals surface area contributed by atoms with Gasteiger partial charge in [0.05, 0.1) is 25.4 Å². The molecule has 12 nitrogen and oxygen atoms in total. The van der Waals surface area contributed by atoms with Gasteiger partial charge in [-0.2, -0.15) is 0 Å². The van der Waals surface area contributed by atoms with Gasteiger partial charge in [-0.15, -0.1) is 0 Å². The summed E-state index contributed by atoms with van der Waals surface area (Å²) in [5.74, 6) is -0.257. The second kappa shape index (κ2) is 32.0. The number of ether oxygens (including phenoxy) is 2. The molecule has 1 aliphatic rings. The lowest BCUT2D eigenvalue weighted by Gasteiger charge is -2.42. The molecule has 0 bridgehead atoms. The molecule has 1 amide bonds. The molecule has 0 saturated carbocycles. The van der Waals surface area contributed by atoms with E-state index < -0.39 is 59.9 Å². The summed E-state index contributed by atoms with van der Waals surface area (Å²) in [6, 6.07) is -0.922. The highest BCUT2D eigenvalue weighted by Gasteiger charge is 2.47. The van der Waals surface area contributed by atoms with Crippen LogP contribution >= 0.6 is 0 Å². The number of hydrogen-bond donors (Lipinski definition) is 5. The molecule has 0 aromatic heterocycles. The highest BCUT2D eigenvalue weighted by molar-refractivity contribution is 7.80. The van der Waals surface area contributed by atoms with E-state index in [9.17, 15) is 38.2 Å². The first-order chi connectivity index (χ1) is 25.5. The third kappa shape index (κ3) is 25.6. The summed E-state index contributed by atoms with van der Waals surface area (Å²) in [7, 11) is -5.28. The Morgan fingerprint density at radius 2 is 1.21 bits per heavy atom. The zero-order chi connectivity index (χ0) is 39.2. The molecule has 0 radical (unpaired) electrons. The van der Waals surface area contributed by atoms with Crippen molar-refractivity contribution >= 4 is 16.3 Å². The van der Waals surface area contributed by atoms with Crippen LogP contribution in [0.2, 0.25) is 0 Å². The van der Waals surface area contributed by atoms with Crippen molar-refractivity contribution < 1.29 is 51.8 Å². The lowest BCUT2D eigenvalue weighted by atomic mass is 9.99. The van der Waals surface area contributed by atoms with Crippen LogP contribution < -0.4 is 5.32 Å². The largest absolute Gasteiger partial charge is 0.726 e. The average Bonchev–Trinajstić information content (AvgIpc) is 3.12. The predicted molar refractivity (Wildman–Crippen MR) is 207 cm³/mol. The molecule has 13 heteroatoms. The number of aliphatic hydroxyl groups excluding tert-OH is 4. The van der Waals surface area contributed by atoms with Crippen LogP contribution in [0.3, 0.4) is 0 Å². The molecule has 1 aliphatic heterocycles. The quantitative estimate of drug-likeness (QED) is 0.0195. The van der Waals surface area contributed by atoms with Crippen LogP contribution in [0.25, 0.3) is 0 Å².